The fourth-order valence-corrected chi connectivity index (χ4v) is 3.67. The van der Waals surface area contributed by atoms with Crippen molar-refractivity contribution in [2.75, 3.05) is 6.54 Å². The topological polar surface area (TPSA) is 29.1 Å². The van der Waals surface area contributed by atoms with Crippen LogP contribution < -0.4 is 5.32 Å². The lowest BCUT2D eigenvalue weighted by Crippen LogP contribution is -2.16. The molecule has 0 unspecified atom stereocenters. The Bertz CT molecular complexity index is 633. The van der Waals surface area contributed by atoms with E-state index in [-0.39, 0.29) is 0 Å². The number of carbonyl (C=O) groups is 1. The van der Waals surface area contributed by atoms with Crippen molar-refractivity contribution in [3.63, 3.8) is 0 Å². The Kier molecular flexibility index (Phi) is 4.47. The summed E-state index contributed by atoms with van der Waals surface area (Å²) in [5.41, 5.74) is 7.00. The van der Waals surface area contributed by atoms with Crippen LogP contribution in [-0.4, -0.2) is 12.8 Å². The fourth-order valence-electron chi connectivity index (χ4n) is 3.67. The van der Waals surface area contributed by atoms with E-state index in [1.165, 1.54) is 48.8 Å². The van der Waals surface area contributed by atoms with Gasteiger partial charge in [0.05, 0.1) is 0 Å². The number of nitrogens with one attached hydrogen (secondary N) is 1. The van der Waals surface area contributed by atoms with E-state index >= 15 is 0 Å². The van der Waals surface area contributed by atoms with Crippen LogP contribution >= 0.6 is 0 Å². The predicted octanol–water partition coefficient (Wildman–Crippen LogP) is 4.83. The predicted molar refractivity (Wildman–Crippen MR) is 92.0 cm³/mol. The van der Waals surface area contributed by atoms with E-state index in [0.29, 0.717) is 5.92 Å². The molecule has 3 rings (SSSR count). The van der Waals surface area contributed by atoms with Crippen molar-refractivity contribution < 1.29 is 4.79 Å². The molecule has 116 valence electrons. The minimum Gasteiger partial charge on any atom is -0.387 e. The highest BCUT2D eigenvalue weighted by molar-refractivity contribution is 5.91. The number of benzene rings is 1. The van der Waals surface area contributed by atoms with Gasteiger partial charge in [0, 0.05) is 23.9 Å². The van der Waals surface area contributed by atoms with Gasteiger partial charge in [-0.15, -0.1) is 0 Å². The number of dihydropyridines is 1. The Hall–Kier alpha value is -1.83. The second-order valence-corrected chi connectivity index (χ2v) is 6.64. The van der Waals surface area contributed by atoms with Crippen molar-refractivity contribution in [1.82, 2.24) is 5.32 Å². The van der Waals surface area contributed by atoms with Gasteiger partial charge >= 0.3 is 0 Å². The summed E-state index contributed by atoms with van der Waals surface area (Å²) in [5.74, 6) is 0.637. The third kappa shape index (κ3) is 2.87. The molecular formula is C20H25NO. The van der Waals surface area contributed by atoms with Gasteiger partial charge in [-0.25, -0.2) is 0 Å². The van der Waals surface area contributed by atoms with E-state index in [1.807, 2.05) is 6.20 Å². The van der Waals surface area contributed by atoms with Crippen LogP contribution in [0.1, 0.15) is 73.4 Å². The number of carbonyl (C=O) groups excluding carboxylic acids is 1. The van der Waals surface area contributed by atoms with E-state index in [9.17, 15) is 4.79 Å². The maximum atomic E-state index is 11.6. The van der Waals surface area contributed by atoms with Gasteiger partial charge in [0.2, 0.25) is 0 Å². The minimum absolute atomic E-state index is 0.637. The van der Waals surface area contributed by atoms with Gasteiger partial charge in [-0.1, -0.05) is 37.0 Å². The van der Waals surface area contributed by atoms with Crippen LogP contribution in [0.5, 0.6) is 0 Å². The number of rotatable bonds is 3. The number of hydrogen-bond donors (Lipinski definition) is 1. The van der Waals surface area contributed by atoms with E-state index in [0.717, 1.165) is 29.5 Å². The smallest absolute Gasteiger partial charge is 0.150 e. The Morgan fingerprint density at radius 1 is 1.14 bits per heavy atom. The average molecular weight is 295 g/mol. The summed E-state index contributed by atoms with van der Waals surface area (Å²) in [6.45, 7) is 5.18. The molecule has 0 saturated heterocycles. The lowest BCUT2D eigenvalue weighted by molar-refractivity contribution is 0.112. The minimum atomic E-state index is 0.637. The van der Waals surface area contributed by atoms with Crippen LogP contribution in [-0.2, 0) is 0 Å². The molecule has 0 radical (unpaired) electrons. The Morgan fingerprint density at radius 2 is 1.91 bits per heavy atom. The molecule has 0 atom stereocenters. The van der Waals surface area contributed by atoms with E-state index in [4.69, 9.17) is 0 Å². The van der Waals surface area contributed by atoms with Gasteiger partial charge in [-0.05, 0) is 55.4 Å². The van der Waals surface area contributed by atoms with Gasteiger partial charge in [0.1, 0.15) is 0 Å². The molecule has 1 aliphatic carbocycles. The second-order valence-electron chi connectivity index (χ2n) is 6.64. The molecule has 1 aliphatic heterocycles. The highest BCUT2D eigenvalue weighted by atomic mass is 16.1. The molecule has 1 fully saturated rings. The second kappa shape index (κ2) is 6.51. The molecule has 2 aliphatic rings. The molecule has 0 spiro atoms. The molecule has 1 aromatic carbocycles. The highest BCUT2D eigenvalue weighted by Gasteiger charge is 2.19. The van der Waals surface area contributed by atoms with Crippen LogP contribution in [0.2, 0.25) is 0 Å². The Balaban J connectivity index is 1.96. The first-order chi connectivity index (χ1) is 10.7. The van der Waals surface area contributed by atoms with E-state index in [1.54, 1.807) is 0 Å². The average Bonchev–Trinajstić information content (AvgIpc) is 2.58. The van der Waals surface area contributed by atoms with Crippen LogP contribution in [0.15, 0.2) is 35.5 Å². The number of hydrogen-bond acceptors (Lipinski definition) is 2. The SMILES string of the molecule is CC1=C(C)C(c2ccc(C3CCCCC3)cc2C=O)=CNC1. The standard InChI is InChI=1S/C20H25NO/c1-14-11-21-12-20(15(14)2)19-9-8-17(10-18(19)13-22)16-6-4-3-5-7-16/h8-10,12-13,16,21H,3-7,11H2,1-2H3. The summed E-state index contributed by atoms with van der Waals surface area (Å²) in [5, 5.41) is 3.31. The molecule has 2 heteroatoms. The van der Waals surface area contributed by atoms with Crippen molar-refractivity contribution >= 4 is 11.9 Å². The van der Waals surface area contributed by atoms with Crippen LogP contribution in [0.25, 0.3) is 5.57 Å². The van der Waals surface area contributed by atoms with Gasteiger partial charge in [0.25, 0.3) is 0 Å². The summed E-state index contributed by atoms with van der Waals surface area (Å²) < 4.78 is 0. The normalized spacial score (nSPS) is 19.6. The van der Waals surface area contributed by atoms with Crippen molar-refractivity contribution in [3.8, 4) is 0 Å². The van der Waals surface area contributed by atoms with Crippen LogP contribution in [0.3, 0.4) is 0 Å². The lowest BCUT2D eigenvalue weighted by atomic mass is 9.82. The molecular weight excluding hydrogens is 270 g/mol. The largest absolute Gasteiger partial charge is 0.387 e. The number of aldehydes is 1. The number of allylic oxidation sites excluding steroid dienone is 2. The highest BCUT2D eigenvalue weighted by Crippen LogP contribution is 2.35. The molecule has 22 heavy (non-hydrogen) atoms. The maximum Gasteiger partial charge on any atom is 0.150 e. The summed E-state index contributed by atoms with van der Waals surface area (Å²) >= 11 is 0. The monoisotopic (exact) mass is 295 g/mol. The summed E-state index contributed by atoms with van der Waals surface area (Å²) in [6.07, 6.45) is 9.58. The summed E-state index contributed by atoms with van der Waals surface area (Å²) in [4.78, 5) is 11.6. The van der Waals surface area contributed by atoms with Crippen molar-refractivity contribution in [3.05, 3.63) is 52.2 Å². The fraction of sp³-hybridized carbons (Fsp3) is 0.450. The van der Waals surface area contributed by atoms with Crippen LogP contribution in [0, 0.1) is 0 Å². The van der Waals surface area contributed by atoms with Gasteiger partial charge in [-0.3, -0.25) is 4.79 Å². The first-order valence-electron chi connectivity index (χ1n) is 8.40. The molecule has 0 amide bonds. The molecule has 1 N–H and O–H groups in total. The zero-order valence-corrected chi connectivity index (χ0v) is 13.6. The lowest BCUT2D eigenvalue weighted by Gasteiger charge is -2.24. The van der Waals surface area contributed by atoms with Gasteiger partial charge in [0.15, 0.2) is 6.29 Å². The molecule has 1 saturated carbocycles. The Labute approximate surface area is 133 Å². The Morgan fingerprint density at radius 3 is 2.64 bits per heavy atom. The summed E-state index contributed by atoms with van der Waals surface area (Å²) in [7, 11) is 0. The maximum absolute atomic E-state index is 11.6. The quantitative estimate of drug-likeness (QED) is 0.809. The molecule has 2 nitrogen and oxygen atoms in total. The van der Waals surface area contributed by atoms with Gasteiger partial charge in [-0.2, -0.15) is 0 Å². The van der Waals surface area contributed by atoms with Gasteiger partial charge < -0.3 is 5.32 Å². The zero-order valence-electron chi connectivity index (χ0n) is 13.6. The molecule has 1 aromatic rings. The molecule has 0 bridgehead atoms. The first-order valence-corrected chi connectivity index (χ1v) is 8.40. The van der Waals surface area contributed by atoms with Crippen molar-refractivity contribution in [2.45, 2.75) is 51.9 Å². The van der Waals surface area contributed by atoms with Crippen LogP contribution in [0.4, 0.5) is 0 Å². The molecule has 0 aromatic heterocycles. The molecule has 1 heterocycles. The third-order valence-corrected chi connectivity index (χ3v) is 5.23. The third-order valence-electron chi connectivity index (χ3n) is 5.23. The van der Waals surface area contributed by atoms with E-state index < -0.39 is 0 Å². The first kappa shape index (κ1) is 15.1. The van der Waals surface area contributed by atoms with E-state index in [2.05, 4.69) is 37.4 Å². The zero-order chi connectivity index (χ0) is 15.5. The van der Waals surface area contributed by atoms with Crippen molar-refractivity contribution in [1.29, 1.82) is 0 Å². The van der Waals surface area contributed by atoms with Crippen molar-refractivity contribution in [2.24, 2.45) is 0 Å². The summed E-state index contributed by atoms with van der Waals surface area (Å²) in [6, 6.07) is 6.50.